The molecule has 0 aromatic heterocycles. The van der Waals surface area contributed by atoms with Gasteiger partial charge in [0.05, 0.1) is 0 Å². The molecule has 2 aliphatic carbocycles. The van der Waals surface area contributed by atoms with Crippen LogP contribution in [0.4, 0.5) is 0 Å². The van der Waals surface area contributed by atoms with Gasteiger partial charge in [0.2, 0.25) is 0 Å². The Morgan fingerprint density at radius 2 is 2.13 bits per heavy atom. The predicted molar refractivity (Wildman–Crippen MR) is 62.5 cm³/mol. The Balaban J connectivity index is 2.00. The van der Waals surface area contributed by atoms with Crippen molar-refractivity contribution in [1.29, 1.82) is 0 Å². The van der Waals surface area contributed by atoms with E-state index in [2.05, 4.69) is 19.9 Å². The minimum atomic E-state index is 0.177. The van der Waals surface area contributed by atoms with Gasteiger partial charge in [0.25, 0.3) is 0 Å². The van der Waals surface area contributed by atoms with Crippen molar-refractivity contribution in [3.63, 3.8) is 0 Å². The fourth-order valence-electron chi connectivity index (χ4n) is 3.84. The Hall–Kier alpha value is -0.590. The molecule has 3 atom stereocenters. The lowest BCUT2D eigenvalue weighted by atomic mass is 9.67. The van der Waals surface area contributed by atoms with E-state index in [1.54, 1.807) is 13.0 Å². The molecule has 2 saturated carbocycles. The highest BCUT2D eigenvalue weighted by Crippen LogP contribution is 2.60. The molecule has 0 N–H and O–H groups in total. The van der Waals surface area contributed by atoms with Crippen LogP contribution in [0.1, 0.15) is 46.5 Å². The van der Waals surface area contributed by atoms with Crippen LogP contribution in [-0.2, 0) is 4.79 Å². The molecule has 0 spiro atoms. The van der Waals surface area contributed by atoms with Crippen LogP contribution in [-0.4, -0.2) is 5.78 Å². The van der Waals surface area contributed by atoms with Crippen LogP contribution >= 0.6 is 0 Å². The number of rotatable bonds is 3. The molecule has 0 aliphatic heterocycles. The first-order valence-corrected chi connectivity index (χ1v) is 6.19. The molecule has 2 aliphatic rings. The van der Waals surface area contributed by atoms with E-state index >= 15 is 0 Å². The third kappa shape index (κ3) is 1.89. The minimum Gasteiger partial charge on any atom is -0.295 e. The lowest BCUT2D eigenvalue weighted by Gasteiger charge is -2.37. The van der Waals surface area contributed by atoms with E-state index < -0.39 is 0 Å². The van der Waals surface area contributed by atoms with E-state index in [1.165, 1.54) is 19.3 Å². The highest BCUT2D eigenvalue weighted by molar-refractivity contribution is 5.87. The molecule has 2 rings (SSSR count). The average Bonchev–Trinajstić information content (AvgIpc) is 2.66. The van der Waals surface area contributed by atoms with Gasteiger partial charge in [-0.1, -0.05) is 19.9 Å². The molecule has 1 nitrogen and oxygen atoms in total. The average molecular weight is 206 g/mol. The molecule has 0 aromatic rings. The summed E-state index contributed by atoms with van der Waals surface area (Å²) in [5.41, 5.74) is 0.504. The molecular weight excluding hydrogens is 184 g/mol. The first kappa shape index (κ1) is 10.9. The molecule has 0 aromatic carbocycles. The third-order valence-corrected chi connectivity index (χ3v) is 4.79. The van der Waals surface area contributed by atoms with E-state index in [1.807, 2.05) is 0 Å². The number of ketones is 1. The second-order valence-corrected chi connectivity index (χ2v) is 5.95. The zero-order valence-corrected chi connectivity index (χ0v) is 10.1. The largest absolute Gasteiger partial charge is 0.295 e. The van der Waals surface area contributed by atoms with Crippen LogP contribution in [0.5, 0.6) is 0 Å². The van der Waals surface area contributed by atoms with Crippen molar-refractivity contribution in [2.75, 3.05) is 0 Å². The molecule has 0 amide bonds. The second-order valence-electron chi connectivity index (χ2n) is 5.95. The minimum absolute atomic E-state index is 0.177. The van der Waals surface area contributed by atoms with Crippen LogP contribution in [0.2, 0.25) is 0 Å². The number of carbonyl (C=O) groups is 1. The van der Waals surface area contributed by atoms with Crippen molar-refractivity contribution >= 4 is 5.78 Å². The lowest BCUT2D eigenvalue weighted by Crippen LogP contribution is -2.30. The Kier molecular flexibility index (Phi) is 2.74. The zero-order valence-electron chi connectivity index (χ0n) is 10.1. The van der Waals surface area contributed by atoms with Crippen molar-refractivity contribution in [2.45, 2.75) is 46.5 Å². The molecule has 84 valence electrons. The third-order valence-electron chi connectivity index (χ3n) is 4.79. The van der Waals surface area contributed by atoms with Gasteiger partial charge in [-0.3, -0.25) is 4.79 Å². The second kappa shape index (κ2) is 3.77. The SMILES string of the molecule is CC(=O)C=CC[C@@H]1[C@H]2CC[C@H](C2)C1(C)C. The normalized spacial score (nSPS) is 37.7. The lowest BCUT2D eigenvalue weighted by molar-refractivity contribution is -0.112. The van der Waals surface area contributed by atoms with Gasteiger partial charge < -0.3 is 0 Å². The maximum atomic E-state index is 10.9. The Morgan fingerprint density at radius 3 is 2.67 bits per heavy atom. The smallest absolute Gasteiger partial charge is 0.152 e. The molecule has 0 heterocycles. The van der Waals surface area contributed by atoms with Crippen LogP contribution in [0, 0.1) is 23.2 Å². The molecule has 1 heteroatoms. The first-order chi connectivity index (χ1) is 7.01. The van der Waals surface area contributed by atoms with Crippen LogP contribution in [0.15, 0.2) is 12.2 Å². The highest BCUT2D eigenvalue weighted by Gasteiger charge is 2.51. The molecule has 2 bridgehead atoms. The van der Waals surface area contributed by atoms with Gasteiger partial charge in [-0.15, -0.1) is 0 Å². The van der Waals surface area contributed by atoms with Crippen LogP contribution < -0.4 is 0 Å². The number of carbonyl (C=O) groups excluding carboxylic acids is 1. The summed E-state index contributed by atoms with van der Waals surface area (Å²) in [5.74, 6) is 2.86. The summed E-state index contributed by atoms with van der Waals surface area (Å²) in [6.07, 6.45) is 9.23. The van der Waals surface area contributed by atoms with Gasteiger partial charge in [0.1, 0.15) is 0 Å². The maximum absolute atomic E-state index is 10.9. The topological polar surface area (TPSA) is 17.1 Å². The van der Waals surface area contributed by atoms with Crippen LogP contribution in [0.3, 0.4) is 0 Å². The standard InChI is InChI=1S/C14H22O/c1-10(15)5-4-6-13-11-7-8-12(9-11)14(13,2)3/h4-5,11-13H,6-9H2,1-3H3/t11-,12+,13+/m0/s1. The number of hydrogen-bond donors (Lipinski definition) is 0. The summed E-state index contributed by atoms with van der Waals surface area (Å²) in [5, 5.41) is 0. The summed E-state index contributed by atoms with van der Waals surface area (Å²) in [4.78, 5) is 10.9. The Bertz CT molecular complexity index is 288. The summed E-state index contributed by atoms with van der Waals surface area (Å²) >= 11 is 0. The fourth-order valence-corrected chi connectivity index (χ4v) is 3.84. The number of hydrogen-bond acceptors (Lipinski definition) is 1. The first-order valence-electron chi connectivity index (χ1n) is 6.19. The van der Waals surface area contributed by atoms with Crippen molar-refractivity contribution in [3.8, 4) is 0 Å². The molecule has 0 saturated heterocycles. The summed E-state index contributed by atoms with van der Waals surface area (Å²) in [7, 11) is 0. The van der Waals surface area contributed by atoms with E-state index in [0.29, 0.717) is 5.41 Å². The molecule has 15 heavy (non-hydrogen) atoms. The zero-order chi connectivity index (χ0) is 11.1. The van der Waals surface area contributed by atoms with Gasteiger partial charge >= 0.3 is 0 Å². The quantitative estimate of drug-likeness (QED) is 0.645. The monoisotopic (exact) mass is 206 g/mol. The summed E-state index contributed by atoms with van der Waals surface area (Å²) in [6.45, 7) is 6.47. The molecular formula is C14H22O. The van der Waals surface area contributed by atoms with Crippen molar-refractivity contribution in [2.24, 2.45) is 23.2 Å². The van der Waals surface area contributed by atoms with Gasteiger partial charge in [-0.2, -0.15) is 0 Å². The molecule has 2 fully saturated rings. The van der Waals surface area contributed by atoms with E-state index in [9.17, 15) is 4.79 Å². The van der Waals surface area contributed by atoms with Crippen LogP contribution in [0.25, 0.3) is 0 Å². The summed E-state index contributed by atoms with van der Waals surface area (Å²) < 4.78 is 0. The Morgan fingerprint density at radius 1 is 1.40 bits per heavy atom. The summed E-state index contributed by atoms with van der Waals surface area (Å²) in [6, 6.07) is 0. The number of fused-ring (bicyclic) bond motifs is 2. The van der Waals surface area contributed by atoms with E-state index in [-0.39, 0.29) is 5.78 Å². The highest BCUT2D eigenvalue weighted by atomic mass is 16.1. The van der Waals surface area contributed by atoms with Crippen molar-refractivity contribution in [3.05, 3.63) is 12.2 Å². The van der Waals surface area contributed by atoms with Gasteiger partial charge in [0.15, 0.2) is 5.78 Å². The van der Waals surface area contributed by atoms with Crippen molar-refractivity contribution in [1.82, 2.24) is 0 Å². The van der Waals surface area contributed by atoms with Gasteiger partial charge in [-0.05, 0) is 61.9 Å². The fraction of sp³-hybridized carbons (Fsp3) is 0.786. The maximum Gasteiger partial charge on any atom is 0.152 e. The number of allylic oxidation sites excluding steroid dienone is 2. The van der Waals surface area contributed by atoms with E-state index in [4.69, 9.17) is 0 Å². The Labute approximate surface area is 92.9 Å². The van der Waals surface area contributed by atoms with Crippen molar-refractivity contribution < 1.29 is 4.79 Å². The van der Waals surface area contributed by atoms with Gasteiger partial charge in [-0.25, -0.2) is 0 Å². The molecule has 0 radical (unpaired) electrons. The van der Waals surface area contributed by atoms with Gasteiger partial charge in [0, 0.05) is 0 Å². The van der Waals surface area contributed by atoms with E-state index in [0.717, 1.165) is 24.2 Å². The predicted octanol–water partition coefficient (Wildman–Crippen LogP) is 3.59. The molecule has 0 unspecified atom stereocenters.